The maximum absolute atomic E-state index is 13.1. The number of halogens is 1. The molecule has 20 heavy (non-hydrogen) atoms. The molecule has 3 atom stereocenters. The van der Waals surface area contributed by atoms with Crippen LogP contribution in [-0.4, -0.2) is 36.1 Å². The number of fused-ring (bicyclic) bond motifs is 2. The zero-order valence-electron chi connectivity index (χ0n) is 11.7. The maximum Gasteiger partial charge on any atom is 0.227 e. The van der Waals surface area contributed by atoms with Crippen molar-refractivity contribution in [2.45, 2.75) is 38.3 Å². The van der Waals surface area contributed by atoms with E-state index in [1.165, 1.54) is 12.1 Å². The summed E-state index contributed by atoms with van der Waals surface area (Å²) >= 11 is 0. The van der Waals surface area contributed by atoms with Crippen LogP contribution >= 0.6 is 0 Å². The van der Waals surface area contributed by atoms with Crippen molar-refractivity contribution < 1.29 is 13.9 Å². The Morgan fingerprint density at radius 1 is 1.45 bits per heavy atom. The van der Waals surface area contributed by atoms with Crippen molar-refractivity contribution in [1.82, 2.24) is 4.90 Å². The number of piperidine rings is 1. The van der Waals surface area contributed by atoms with Crippen molar-refractivity contribution >= 4 is 5.91 Å². The van der Waals surface area contributed by atoms with Crippen molar-refractivity contribution in [3.63, 3.8) is 0 Å². The van der Waals surface area contributed by atoms with Gasteiger partial charge >= 0.3 is 0 Å². The SMILES string of the molecule is CCO[C@H]1CC2CC1CN2C(=O)Cc1cccc(F)c1. The lowest BCUT2D eigenvalue weighted by Crippen LogP contribution is -2.43. The summed E-state index contributed by atoms with van der Waals surface area (Å²) in [6, 6.07) is 6.61. The van der Waals surface area contributed by atoms with Crippen molar-refractivity contribution in [2.24, 2.45) is 5.92 Å². The molecule has 1 aromatic rings. The van der Waals surface area contributed by atoms with Gasteiger partial charge in [-0.15, -0.1) is 0 Å². The average molecular weight is 277 g/mol. The Hall–Kier alpha value is -1.42. The molecule has 1 heterocycles. The Labute approximate surface area is 118 Å². The zero-order chi connectivity index (χ0) is 14.1. The highest BCUT2D eigenvalue weighted by molar-refractivity contribution is 5.79. The van der Waals surface area contributed by atoms with E-state index < -0.39 is 0 Å². The third kappa shape index (κ3) is 2.57. The van der Waals surface area contributed by atoms with Gasteiger partial charge in [0.1, 0.15) is 5.82 Å². The Morgan fingerprint density at radius 3 is 2.95 bits per heavy atom. The molecular weight excluding hydrogens is 257 g/mol. The van der Waals surface area contributed by atoms with Crippen LogP contribution in [0.5, 0.6) is 0 Å². The summed E-state index contributed by atoms with van der Waals surface area (Å²) in [6.45, 7) is 3.55. The third-order valence-electron chi connectivity index (χ3n) is 4.42. The van der Waals surface area contributed by atoms with E-state index in [0.717, 1.165) is 31.6 Å². The molecule has 4 heteroatoms. The molecule has 3 rings (SSSR count). The molecule has 1 saturated carbocycles. The lowest BCUT2D eigenvalue weighted by atomic mass is 10.0. The highest BCUT2D eigenvalue weighted by Crippen LogP contribution is 2.39. The van der Waals surface area contributed by atoms with E-state index >= 15 is 0 Å². The van der Waals surface area contributed by atoms with Gasteiger partial charge in [-0.05, 0) is 37.5 Å². The number of nitrogens with zero attached hydrogens (tertiary/aromatic N) is 1. The van der Waals surface area contributed by atoms with Crippen LogP contribution in [0.2, 0.25) is 0 Å². The van der Waals surface area contributed by atoms with Crippen LogP contribution in [0.1, 0.15) is 25.3 Å². The fraction of sp³-hybridized carbons (Fsp3) is 0.562. The second kappa shape index (κ2) is 5.52. The first-order valence-corrected chi connectivity index (χ1v) is 7.33. The van der Waals surface area contributed by atoms with Gasteiger partial charge in [0.15, 0.2) is 0 Å². The van der Waals surface area contributed by atoms with E-state index in [4.69, 9.17) is 4.74 Å². The molecular formula is C16H20FNO2. The van der Waals surface area contributed by atoms with Crippen molar-refractivity contribution in [1.29, 1.82) is 0 Å². The van der Waals surface area contributed by atoms with Gasteiger partial charge in [-0.1, -0.05) is 12.1 Å². The van der Waals surface area contributed by atoms with Crippen LogP contribution in [-0.2, 0) is 16.0 Å². The minimum atomic E-state index is -0.283. The first-order valence-electron chi connectivity index (χ1n) is 7.33. The minimum absolute atomic E-state index is 0.109. The number of carbonyl (C=O) groups is 1. The predicted octanol–water partition coefficient (Wildman–Crippen LogP) is 2.39. The molecule has 1 aliphatic carbocycles. The first-order chi connectivity index (χ1) is 9.67. The molecule has 0 aromatic heterocycles. The molecule has 0 radical (unpaired) electrons. The lowest BCUT2D eigenvalue weighted by molar-refractivity contribution is -0.133. The molecule has 2 unspecified atom stereocenters. The number of carbonyl (C=O) groups excluding carboxylic acids is 1. The Morgan fingerprint density at radius 2 is 2.30 bits per heavy atom. The summed E-state index contributed by atoms with van der Waals surface area (Å²) in [4.78, 5) is 14.3. The van der Waals surface area contributed by atoms with Gasteiger partial charge in [-0.3, -0.25) is 4.79 Å². The standard InChI is InChI=1S/C16H20FNO2/c1-2-20-15-9-14-8-12(15)10-18(14)16(19)7-11-4-3-5-13(17)6-11/h3-6,12,14-15H,2,7-10H2,1H3/t12?,14?,15-/m0/s1. The number of likely N-dealkylation sites (tertiary alicyclic amines) is 1. The molecule has 1 saturated heterocycles. The highest BCUT2D eigenvalue weighted by atomic mass is 19.1. The summed E-state index contributed by atoms with van der Waals surface area (Å²) in [6.07, 6.45) is 2.62. The second-order valence-corrected chi connectivity index (χ2v) is 5.73. The summed E-state index contributed by atoms with van der Waals surface area (Å²) in [5, 5.41) is 0. The molecule has 2 aliphatic rings. The molecule has 1 amide bonds. The van der Waals surface area contributed by atoms with E-state index in [0.29, 0.717) is 24.5 Å². The normalized spacial score (nSPS) is 28.1. The van der Waals surface area contributed by atoms with E-state index in [-0.39, 0.29) is 11.7 Å². The molecule has 2 fully saturated rings. The summed E-state index contributed by atoms with van der Waals surface area (Å²) in [7, 11) is 0. The van der Waals surface area contributed by atoms with Crippen LogP contribution in [0.15, 0.2) is 24.3 Å². The Bertz CT molecular complexity index is 505. The van der Waals surface area contributed by atoms with Gasteiger partial charge in [0.25, 0.3) is 0 Å². The topological polar surface area (TPSA) is 29.5 Å². The van der Waals surface area contributed by atoms with Crippen LogP contribution in [0, 0.1) is 11.7 Å². The quantitative estimate of drug-likeness (QED) is 0.845. The van der Waals surface area contributed by atoms with Gasteiger partial charge in [-0.2, -0.15) is 0 Å². The fourth-order valence-electron chi connectivity index (χ4n) is 3.55. The lowest BCUT2D eigenvalue weighted by Gasteiger charge is -2.31. The number of benzene rings is 1. The predicted molar refractivity (Wildman–Crippen MR) is 73.7 cm³/mol. The average Bonchev–Trinajstić information content (AvgIpc) is 2.99. The van der Waals surface area contributed by atoms with Crippen LogP contribution in [0.25, 0.3) is 0 Å². The van der Waals surface area contributed by atoms with Crippen LogP contribution < -0.4 is 0 Å². The van der Waals surface area contributed by atoms with Gasteiger partial charge in [0, 0.05) is 25.1 Å². The largest absolute Gasteiger partial charge is 0.378 e. The zero-order valence-corrected chi connectivity index (χ0v) is 11.7. The van der Waals surface area contributed by atoms with E-state index in [1.807, 2.05) is 11.8 Å². The Balaban J connectivity index is 1.60. The first kappa shape index (κ1) is 13.6. The third-order valence-corrected chi connectivity index (χ3v) is 4.42. The molecule has 0 spiro atoms. The molecule has 108 valence electrons. The van der Waals surface area contributed by atoms with Crippen molar-refractivity contribution in [3.05, 3.63) is 35.6 Å². The maximum atomic E-state index is 13.1. The van der Waals surface area contributed by atoms with Gasteiger partial charge in [0.2, 0.25) is 5.91 Å². The number of hydrogen-bond donors (Lipinski definition) is 0. The number of amides is 1. The number of ether oxygens (including phenoxy) is 1. The molecule has 1 aliphatic heterocycles. The summed E-state index contributed by atoms with van der Waals surface area (Å²) in [5.41, 5.74) is 0.749. The van der Waals surface area contributed by atoms with Crippen LogP contribution in [0.4, 0.5) is 4.39 Å². The van der Waals surface area contributed by atoms with Gasteiger partial charge in [-0.25, -0.2) is 4.39 Å². The smallest absolute Gasteiger partial charge is 0.227 e. The van der Waals surface area contributed by atoms with E-state index in [9.17, 15) is 9.18 Å². The summed E-state index contributed by atoms with van der Waals surface area (Å²) in [5.74, 6) is 0.309. The van der Waals surface area contributed by atoms with Crippen molar-refractivity contribution in [3.8, 4) is 0 Å². The summed E-state index contributed by atoms with van der Waals surface area (Å²) < 4.78 is 18.9. The van der Waals surface area contributed by atoms with E-state index in [1.54, 1.807) is 12.1 Å². The fourth-order valence-corrected chi connectivity index (χ4v) is 3.55. The van der Waals surface area contributed by atoms with Gasteiger partial charge in [0.05, 0.1) is 12.5 Å². The molecule has 0 N–H and O–H groups in total. The number of hydrogen-bond acceptors (Lipinski definition) is 2. The highest BCUT2D eigenvalue weighted by Gasteiger charge is 2.46. The second-order valence-electron chi connectivity index (χ2n) is 5.73. The molecule has 2 bridgehead atoms. The molecule has 3 nitrogen and oxygen atoms in total. The van der Waals surface area contributed by atoms with Crippen LogP contribution in [0.3, 0.4) is 0 Å². The minimum Gasteiger partial charge on any atom is -0.378 e. The van der Waals surface area contributed by atoms with Crippen molar-refractivity contribution in [2.75, 3.05) is 13.2 Å². The molecule has 1 aromatic carbocycles. The Kier molecular flexibility index (Phi) is 3.74. The monoisotopic (exact) mass is 277 g/mol. The van der Waals surface area contributed by atoms with Gasteiger partial charge < -0.3 is 9.64 Å². The van der Waals surface area contributed by atoms with E-state index in [2.05, 4.69) is 0 Å². The number of rotatable bonds is 4.